The fourth-order valence-electron chi connectivity index (χ4n) is 2.83. The number of hydrogen-bond acceptors (Lipinski definition) is 0. The van der Waals surface area contributed by atoms with Crippen molar-refractivity contribution in [1.29, 1.82) is 0 Å². The molecule has 0 aromatic heterocycles. The van der Waals surface area contributed by atoms with Crippen molar-refractivity contribution in [1.82, 2.24) is 0 Å². The van der Waals surface area contributed by atoms with Crippen LogP contribution in [0.3, 0.4) is 0 Å². The average Bonchev–Trinajstić information content (AvgIpc) is 2.58. The van der Waals surface area contributed by atoms with Crippen molar-refractivity contribution < 1.29 is 26.2 Å². The Balaban J connectivity index is -0.000000653. The zero-order chi connectivity index (χ0) is 10.8. The van der Waals surface area contributed by atoms with Gasteiger partial charge in [-0.1, -0.05) is 34.6 Å². The van der Waals surface area contributed by atoms with Crippen molar-refractivity contribution >= 4 is 24.8 Å². The zero-order valence-corrected chi connectivity index (χ0v) is 15.7. The zero-order valence-electron chi connectivity index (χ0n) is 11.6. The second kappa shape index (κ2) is 8.94. The van der Waals surface area contributed by atoms with E-state index in [0.29, 0.717) is 10.8 Å². The SMILES string of the molecule is CCC(CC)(C1=[C-]CC=C1)C(C)(C)C.Cl.Cl.[Zr]. The smallest absolute Gasteiger partial charge is 0 e. The molecule has 0 nitrogen and oxygen atoms in total. The van der Waals surface area contributed by atoms with Crippen LogP contribution in [0.4, 0.5) is 0 Å². The summed E-state index contributed by atoms with van der Waals surface area (Å²) < 4.78 is 0. The van der Waals surface area contributed by atoms with Crippen LogP contribution in [0.1, 0.15) is 53.9 Å². The van der Waals surface area contributed by atoms with E-state index in [1.54, 1.807) is 0 Å². The average molecular weight is 355 g/mol. The van der Waals surface area contributed by atoms with Crippen LogP contribution in [-0.2, 0) is 26.2 Å². The van der Waals surface area contributed by atoms with Crippen LogP contribution in [0, 0.1) is 16.9 Å². The molecule has 0 fully saturated rings. The molecule has 0 N–H and O–H groups in total. The summed E-state index contributed by atoms with van der Waals surface area (Å²) in [5.74, 6) is 0. The quantitative estimate of drug-likeness (QED) is 0.597. The molecule has 1 aliphatic rings. The first-order valence-corrected chi connectivity index (χ1v) is 5.76. The summed E-state index contributed by atoms with van der Waals surface area (Å²) in [6, 6.07) is 0. The van der Waals surface area contributed by atoms with Crippen LogP contribution >= 0.6 is 24.8 Å². The molecule has 0 heterocycles. The molecule has 0 aromatic carbocycles. The molecule has 1 rings (SSSR count). The van der Waals surface area contributed by atoms with Crippen molar-refractivity contribution in [3.05, 3.63) is 23.8 Å². The van der Waals surface area contributed by atoms with Crippen molar-refractivity contribution in [2.45, 2.75) is 53.9 Å². The monoisotopic (exact) mass is 353 g/mol. The van der Waals surface area contributed by atoms with E-state index in [1.807, 2.05) is 0 Å². The third kappa shape index (κ3) is 4.52. The summed E-state index contributed by atoms with van der Waals surface area (Å²) in [4.78, 5) is 0. The van der Waals surface area contributed by atoms with Gasteiger partial charge in [0.1, 0.15) is 0 Å². The molecular formula is C14H25Cl2Zr-. The molecule has 0 radical (unpaired) electrons. The van der Waals surface area contributed by atoms with Gasteiger partial charge in [0.15, 0.2) is 0 Å². The fourth-order valence-corrected chi connectivity index (χ4v) is 2.83. The summed E-state index contributed by atoms with van der Waals surface area (Å²) in [5.41, 5.74) is 2.09. The summed E-state index contributed by atoms with van der Waals surface area (Å²) in [5, 5.41) is 0. The Labute approximate surface area is 139 Å². The van der Waals surface area contributed by atoms with Crippen LogP contribution in [0.2, 0.25) is 0 Å². The van der Waals surface area contributed by atoms with Gasteiger partial charge in [0.2, 0.25) is 0 Å². The number of rotatable bonds is 3. The van der Waals surface area contributed by atoms with E-state index < -0.39 is 0 Å². The molecule has 3 heteroatoms. The summed E-state index contributed by atoms with van der Waals surface area (Å²) in [6.07, 6.45) is 11.4. The predicted molar refractivity (Wildman–Crippen MR) is 77.5 cm³/mol. The molecule has 17 heavy (non-hydrogen) atoms. The Kier molecular flexibility index (Phi) is 12.1. The molecule has 0 aliphatic heterocycles. The summed E-state index contributed by atoms with van der Waals surface area (Å²) >= 11 is 0. The molecule has 0 unspecified atom stereocenters. The summed E-state index contributed by atoms with van der Waals surface area (Å²) in [7, 11) is 0. The molecule has 0 atom stereocenters. The number of allylic oxidation sites excluding steroid dienone is 4. The molecule has 100 valence electrons. The molecule has 0 bridgehead atoms. The van der Waals surface area contributed by atoms with Crippen molar-refractivity contribution in [3.8, 4) is 0 Å². The van der Waals surface area contributed by atoms with Gasteiger partial charge in [-0.25, -0.2) is 11.6 Å². The van der Waals surface area contributed by atoms with Gasteiger partial charge in [-0.05, 0) is 23.7 Å². The van der Waals surface area contributed by atoms with Gasteiger partial charge in [0.25, 0.3) is 0 Å². The number of halogens is 2. The van der Waals surface area contributed by atoms with E-state index in [9.17, 15) is 0 Å². The normalized spacial score (nSPS) is 14.3. The van der Waals surface area contributed by atoms with Crippen molar-refractivity contribution in [2.75, 3.05) is 0 Å². The summed E-state index contributed by atoms with van der Waals surface area (Å²) in [6.45, 7) is 11.6. The van der Waals surface area contributed by atoms with Crippen LogP contribution < -0.4 is 0 Å². The van der Waals surface area contributed by atoms with E-state index >= 15 is 0 Å². The Hall–Kier alpha value is 0.943. The van der Waals surface area contributed by atoms with E-state index in [-0.39, 0.29) is 51.0 Å². The second-order valence-corrected chi connectivity index (χ2v) is 5.24. The van der Waals surface area contributed by atoms with Crippen molar-refractivity contribution in [2.24, 2.45) is 10.8 Å². The second-order valence-electron chi connectivity index (χ2n) is 5.24. The maximum absolute atomic E-state index is 3.51. The molecule has 1 aliphatic carbocycles. The van der Waals surface area contributed by atoms with Crippen molar-refractivity contribution in [3.63, 3.8) is 0 Å². The van der Waals surface area contributed by atoms with Crippen LogP contribution in [0.15, 0.2) is 17.7 Å². The third-order valence-electron chi connectivity index (χ3n) is 3.85. The Morgan fingerprint density at radius 2 is 1.59 bits per heavy atom. The van der Waals surface area contributed by atoms with E-state index in [4.69, 9.17) is 0 Å². The van der Waals surface area contributed by atoms with Gasteiger partial charge in [-0.3, -0.25) is 6.08 Å². The molecular weight excluding hydrogens is 330 g/mol. The van der Waals surface area contributed by atoms with Crippen LogP contribution in [-0.4, -0.2) is 0 Å². The molecule has 0 amide bonds. The van der Waals surface area contributed by atoms with Gasteiger partial charge in [-0.2, -0.15) is 6.08 Å². The predicted octanol–water partition coefficient (Wildman–Crippen LogP) is 5.37. The van der Waals surface area contributed by atoms with Gasteiger partial charge in [0.05, 0.1) is 0 Å². The Bertz CT molecular complexity index is 258. The Morgan fingerprint density at radius 3 is 1.82 bits per heavy atom. The fraction of sp³-hybridized carbons (Fsp3) is 0.714. The molecule has 0 saturated carbocycles. The number of hydrogen-bond donors (Lipinski definition) is 0. The van der Waals surface area contributed by atoms with Crippen LogP contribution in [0.25, 0.3) is 0 Å². The standard InChI is InChI=1S/C14H23.2ClH.Zr/c1-6-14(7-2,13(3,4)5)12-10-8-9-11-12;;;/h8,10H,6-7,9H2,1-5H3;2*1H;/q-1;;;. The topological polar surface area (TPSA) is 0 Å². The Morgan fingerprint density at radius 1 is 1.12 bits per heavy atom. The van der Waals surface area contributed by atoms with E-state index in [1.165, 1.54) is 18.4 Å². The first-order valence-electron chi connectivity index (χ1n) is 5.76. The maximum Gasteiger partial charge on any atom is 0 e. The minimum Gasteiger partial charge on any atom is -0.269 e. The van der Waals surface area contributed by atoms with Gasteiger partial charge in [-0.15, -0.1) is 31.2 Å². The first-order chi connectivity index (χ1) is 6.48. The minimum absolute atomic E-state index is 0. The van der Waals surface area contributed by atoms with E-state index in [0.717, 1.165) is 6.42 Å². The largest absolute Gasteiger partial charge is 0.269 e. The molecule has 0 spiro atoms. The first kappa shape index (κ1) is 23.1. The van der Waals surface area contributed by atoms with Crippen LogP contribution in [0.5, 0.6) is 0 Å². The maximum atomic E-state index is 3.51. The van der Waals surface area contributed by atoms with E-state index in [2.05, 4.69) is 52.8 Å². The molecule has 0 aromatic rings. The third-order valence-corrected chi connectivity index (χ3v) is 3.85. The van der Waals surface area contributed by atoms with Gasteiger partial charge in [0, 0.05) is 26.2 Å². The van der Waals surface area contributed by atoms with Gasteiger partial charge >= 0.3 is 0 Å². The minimum atomic E-state index is 0. The molecule has 0 saturated heterocycles. The van der Waals surface area contributed by atoms with Gasteiger partial charge < -0.3 is 0 Å².